The third-order valence-corrected chi connectivity index (χ3v) is 8.93. The molecule has 0 fully saturated rings. The van der Waals surface area contributed by atoms with Crippen LogP contribution >= 0.6 is 0 Å². The first kappa shape index (κ1) is 24.0. The second-order valence-electron chi connectivity index (χ2n) is 11.2. The highest BCUT2D eigenvalue weighted by Gasteiger charge is 2.46. The van der Waals surface area contributed by atoms with Gasteiger partial charge in [-0.3, -0.25) is 4.40 Å². The SMILES string of the molecule is c1ccc(-c2nc3oc4ccccc4n3c2-c2ccc3c(c2)C(c2ccccc2)(c2ccccc2)c2ccccc2-3)cc1. The molecule has 0 radical (unpaired) electrons. The zero-order valence-corrected chi connectivity index (χ0v) is 23.3. The van der Waals surface area contributed by atoms with Crippen molar-refractivity contribution in [2.45, 2.75) is 5.41 Å². The van der Waals surface area contributed by atoms with Crippen LogP contribution in [0.3, 0.4) is 0 Å². The average Bonchev–Trinajstić information content (AvgIpc) is 3.73. The summed E-state index contributed by atoms with van der Waals surface area (Å²) >= 11 is 0. The molecule has 0 atom stereocenters. The molecule has 2 heterocycles. The van der Waals surface area contributed by atoms with Gasteiger partial charge in [0.1, 0.15) is 5.69 Å². The molecule has 8 aromatic rings. The fourth-order valence-electron chi connectivity index (χ4n) is 7.17. The number of para-hydroxylation sites is 2. The lowest BCUT2D eigenvalue weighted by atomic mass is 9.67. The van der Waals surface area contributed by atoms with Crippen LogP contribution in [-0.2, 0) is 5.41 Å². The van der Waals surface area contributed by atoms with Crippen LogP contribution in [0.1, 0.15) is 22.3 Å². The summed E-state index contributed by atoms with van der Waals surface area (Å²) in [7, 11) is 0. The number of fused-ring (bicyclic) bond motifs is 6. The number of oxazole rings is 1. The van der Waals surface area contributed by atoms with Gasteiger partial charge in [-0.15, -0.1) is 0 Å². The summed E-state index contributed by atoms with van der Waals surface area (Å²) in [5, 5.41) is 0. The topological polar surface area (TPSA) is 30.4 Å². The Bertz CT molecular complexity index is 2240. The summed E-state index contributed by atoms with van der Waals surface area (Å²) < 4.78 is 8.47. The van der Waals surface area contributed by atoms with Crippen molar-refractivity contribution in [3.05, 3.63) is 180 Å². The Morgan fingerprint density at radius 1 is 0.512 bits per heavy atom. The van der Waals surface area contributed by atoms with E-state index >= 15 is 0 Å². The number of hydrogen-bond donors (Lipinski definition) is 0. The largest absolute Gasteiger partial charge is 0.423 e. The highest BCUT2D eigenvalue weighted by molar-refractivity contribution is 5.92. The number of imidazole rings is 1. The van der Waals surface area contributed by atoms with Crippen LogP contribution in [0.15, 0.2) is 162 Å². The third kappa shape index (κ3) is 3.33. The van der Waals surface area contributed by atoms with Crippen molar-refractivity contribution in [3.8, 4) is 33.6 Å². The quantitative estimate of drug-likeness (QED) is 0.218. The molecule has 3 heteroatoms. The van der Waals surface area contributed by atoms with Gasteiger partial charge in [-0.1, -0.05) is 140 Å². The monoisotopic (exact) mass is 550 g/mol. The van der Waals surface area contributed by atoms with E-state index in [1.54, 1.807) is 0 Å². The minimum absolute atomic E-state index is 0.473. The van der Waals surface area contributed by atoms with Crippen LogP contribution in [0, 0.1) is 0 Å². The molecule has 0 saturated heterocycles. The van der Waals surface area contributed by atoms with Gasteiger partial charge in [0, 0.05) is 11.1 Å². The van der Waals surface area contributed by atoms with Crippen molar-refractivity contribution in [1.82, 2.24) is 9.38 Å². The second kappa shape index (κ2) is 9.17. The van der Waals surface area contributed by atoms with Crippen LogP contribution < -0.4 is 0 Å². The predicted octanol–water partition coefficient (Wildman–Crippen LogP) is 9.78. The zero-order valence-electron chi connectivity index (χ0n) is 23.3. The minimum atomic E-state index is -0.473. The van der Waals surface area contributed by atoms with E-state index in [9.17, 15) is 0 Å². The number of benzene rings is 6. The van der Waals surface area contributed by atoms with Crippen molar-refractivity contribution in [2.75, 3.05) is 0 Å². The molecule has 0 bridgehead atoms. The van der Waals surface area contributed by atoms with E-state index in [2.05, 4.69) is 144 Å². The lowest BCUT2D eigenvalue weighted by Gasteiger charge is -2.34. The average molecular weight is 551 g/mol. The summed E-state index contributed by atoms with van der Waals surface area (Å²) in [6, 6.07) is 56.2. The van der Waals surface area contributed by atoms with Gasteiger partial charge in [0.2, 0.25) is 0 Å². The minimum Gasteiger partial charge on any atom is -0.423 e. The number of aromatic nitrogens is 2. The van der Waals surface area contributed by atoms with Crippen LogP contribution in [0.5, 0.6) is 0 Å². The zero-order chi connectivity index (χ0) is 28.4. The van der Waals surface area contributed by atoms with E-state index in [0.717, 1.165) is 33.6 Å². The Hall–Kier alpha value is -5.67. The first-order valence-corrected chi connectivity index (χ1v) is 14.7. The van der Waals surface area contributed by atoms with Gasteiger partial charge in [-0.05, 0) is 51.6 Å². The molecule has 0 amide bonds. The summed E-state index contributed by atoms with van der Waals surface area (Å²) in [4.78, 5) is 5.08. The van der Waals surface area contributed by atoms with Crippen molar-refractivity contribution in [1.29, 1.82) is 0 Å². The van der Waals surface area contributed by atoms with Crippen molar-refractivity contribution >= 4 is 16.9 Å². The summed E-state index contributed by atoms with van der Waals surface area (Å²) in [5.74, 6) is 0.594. The molecule has 0 unspecified atom stereocenters. The molecule has 0 saturated carbocycles. The molecule has 202 valence electrons. The molecular weight excluding hydrogens is 524 g/mol. The Labute approximate surface area is 249 Å². The first-order valence-electron chi connectivity index (χ1n) is 14.7. The van der Waals surface area contributed by atoms with Gasteiger partial charge in [0.25, 0.3) is 0 Å². The lowest BCUT2D eigenvalue weighted by Crippen LogP contribution is -2.28. The van der Waals surface area contributed by atoms with E-state index in [4.69, 9.17) is 9.40 Å². The third-order valence-electron chi connectivity index (χ3n) is 8.93. The molecule has 0 spiro atoms. The van der Waals surface area contributed by atoms with Gasteiger partial charge in [0.05, 0.1) is 16.6 Å². The molecule has 2 aromatic heterocycles. The predicted molar refractivity (Wildman–Crippen MR) is 173 cm³/mol. The van der Waals surface area contributed by atoms with Crippen molar-refractivity contribution in [2.24, 2.45) is 0 Å². The Kier molecular flexibility index (Phi) is 5.11. The maximum Gasteiger partial charge on any atom is 0.307 e. The molecule has 1 aliphatic rings. The maximum atomic E-state index is 6.29. The van der Waals surface area contributed by atoms with E-state index in [1.807, 2.05) is 18.2 Å². The molecule has 0 aliphatic heterocycles. The van der Waals surface area contributed by atoms with Gasteiger partial charge >= 0.3 is 5.84 Å². The first-order chi connectivity index (χ1) is 21.3. The van der Waals surface area contributed by atoms with Crippen molar-refractivity contribution < 1.29 is 4.42 Å². The van der Waals surface area contributed by atoms with Gasteiger partial charge in [-0.2, -0.15) is 4.98 Å². The highest BCUT2D eigenvalue weighted by Crippen LogP contribution is 2.57. The van der Waals surface area contributed by atoms with Gasteiger partial charge in [0.15, 0.2) is 5.58 Å². The van der Waals surface area contributed by atoms with Crippen LogP contribution in [-0.4, -0.2) is 9.38 Å². The summed E-state index contributed by atoms with van der Waals surface area (Å²) in [6.07, 6.45) is 0. The number of rotatable bonds is 4. The Balaban J connectivity index is 1.41. The highest BCUT2D eigenvalue weighted by atomic mass is 16.4. The van der Waals surface area contributed by atoms with E-state index < -0.39 is 5.41 Å². The van der Waals surface area contributed by atoms with Gasteiger partial charge in [-0.25, -0.2) is 0 Å². The second-order valence-corrected chi connectivity index (χ2v) is 11.2. The van der Waals surface area contributed by atoms with E-state index in [1.165, 1.54) is 33.4 Å². The van der Waals surface area contributed by atoms with E-state index in [0.29, 0.717) is 5.84 Å². The summed E-state index contributed by atoms with van der Waals surface area (Å²) in [5.41, 5.74) is 13.0. The molecule has 0 N–H and O–H groups in total. The standard InChI is InChI=1S/C40H26N2O/c1-4-14-27(15-5-1)37-38(42-35-22-12-13-23-36(35)43-39(42)41-37)28-24-25-32-31-20-10-11-21-33(31)40(34(32)26-28,29-16-6-2-7-17-29)30-18-8-3-9-19-30/h1-26H. The van der Waals surface area contributed by atoms with Crippen LogP contribution in [0.25, 0.3) is 50.6 Å². The normalized spacial score (nSPS) is 13.3. The Morgan fingerprint density at radius 3 is 1.86 bits per heavy atom. The number of nitrogens with zero attached hydrogens (tertiary/aromatic N) is 2. The molecule has 1 aliphatic carbocycles. The fraction of sp³-hybridized carbons (Fsp3) is 0.0250. The molecule has 3 nitrogen and oxygen atoms in total. The smallest absolute Gasteiger partial charge is 0.307 e. The molecule has 43 heavy (non-hydrogen) atoms. The Morgan fingerprint density at radius 2 is 1.12 bits per heavy atom. The molecular formula is C40H26N2O. The molecule has 9 rings (SSSR count). The maximum absolute atomic E-state index is 6.29. The number of hydrogen-bond acceptors (Lipinski definition) is 2. The molecule has 6 aromatic carbocycles. The summed E-state index contributed by atoms with van der Waals surface area (Å²) in [6.45, 7) is 0. The van der Waals surface area contributed by atoms with Crippen LogP contribution in [0.4, 0.5) is 0 Å². The fourth-order valence-corrected chi connectivity index (χ4v) is 7.17. The van der Waals surface area contributed by atoms with Gasteiger partial charge < -0.3 is 4.42 Å². The van der Waals surface area contributed by atoms with Crippen molar-refractivity contribution in [3.63, 3.8) is 0 Å². The van der Waals surface area contributed by atoms with E-state index in [-0.39, 0.29) is 0 Å². The van der Waals surface area contributed by atoms with Crippen LogP contribution in [0.2, 0.25) is 0 Å². The lowest BCUT2D eigenvalue weighted by molar-refractivity contribution is 0.642.